The van der Waals surface area contributed by atoms with Crippen LogP contribution < -0.4 is 5.32 Å². The highest BCUT2D eigenvalue weighted by Crippen LogP contribution is 2.21. The molecule has 0 fully saturated rings. The summed E-state index contributed by atoms with van der Waals surface area (Å²) in [6.45, 7) is 2.93. The standard InChI is InChI=1S/C21H26ClNO4/c1-15(12-16-6-8-17(9-7-16)21(25)26-2)23-14-20(27-11-10-24)18-4-3-5-19(22)13-18/h3-9,13,15,20,23-24H,10-12,14H2,1-2H3. The van der Waals surface area contributed by atoms with Crippen molar-refractivity contribution in [3.8, 4) is 0 Å². The molecule has 2 rings (SSSR count). The normalized spacial score (nSPS) is 13.2. The molecule has 2 unspecified atom stereocenters. The second-order valence-electron chi connectivity index (χ2n) is 6.34. The number of esters is 1. The van der Waals surface area contributed by atoms with Crippen LogP contribution in [0.4, 0.5) is 0 Å². The minimum Gasteiger partial charge on any atom is -0.465 e. The predicted octanol–water partition coefficient (Wildman–Crippen LogP) is 3.40. The average molecular weight is 392 g/mol. The van der Waals surface area contributed by atoms with Gasteiger partial charge in [-0.15, -0.1) is 0 Å². The first-order valence-corrected chi connectivity index (χ1v) is 9.30. The van der Waals surface area contributed by atoms with Gasteiger partial charge in [0.1, 0.15) is 0 Å². The van der Waals surface area contributed by atoms with Gasteiger partial charge in [-0.05, 0) is 48.7 Å². The average Bonchev–Trinajstić information content (AvgIpc) is 2.68. The molecule has 0 amide bonds. The van der Waals surface area contributed by atoms with Gasteiger partial charge in [0, 0.05) is 17.6 Å². The van der Waals surface area contributed by atoms with Crippen LogP contribution >= 0.6 is 11.6 Å². The molecule has 146 valence electrons. The first-order chi connectivity index (χ1) is 13.0. The summed E-state index contributed by atoms with van der Waals surface area (Å²) in [4.78, 5) is 11.5. The van der Waals surface area contributed by atoms with Crippen LogP contribution in [0.15, 0.2) is 48.5 Å². The van der Waals surface area contributed by atoms with Crippen LogP contribution in [0, 0.1) is 0 Å². The molecular formula is C21H26ClNO4. The molecule has 0 heterocycles. The van der Waals surface area contributed by atoms with Crippen molar-refractivity contribution in [3.63, 3.8) is 0 Å². The van der Waals surface area contributed by atoms with Crippen LogP contribution in [0.2, 0.25) is 5.02 Å². The maximum Gasteiger partial charge on any atom is 0.337 e. The third-order valence-electron chi connectivity index (χ3n) is 4.20. The number of nitrogens with one attached hydrogen (secondary N) is 1. The Bertz CT molecular complexity index is 720. The van der Waals surface area contributed by atoms with E-state index in [1.54, 1.807) is 12.1 Å². The van der Waals surface area contributed by atoms with Gasteiger partial charge in [-0.1, -0.05) is 35.9 Å². The number of halogens is 1. The number of hydrogen-bond acceptors (Lipinski definition) is 5. The van der Waals surface area contributed by atoms with Gasteiger partial charge in [0.25, 0.3) is 0 Å². The molecule has 0 radical (unpaired) electrons. The quantitative estimate of drug-likeness (QED) is 0.607. The lowest BCUT2D eigenvalue weighted by Crippen LogP contribution is -2.33. The minimum atomic E-state index is -0.335. The maximum atomic E-state index is 11.5. The molecule has 0 aliphatic carbocycles. The van der Waals surface area contributed by atoms with Crippen molar-refractivity contribution < 1.29 is 19.4 Å². The highest BCUT2D eigenvalue weighted by atomic mass is 35.5. The zero-order chi connectivity index (χ0) is 19.6. The van der Waals surface area contributed by atoms with E-state index in [4.69, 9.17) is 26.2 Å². The lowest BCUT2D eigenvalue weighted by molar-refractivity contribution is 0.0269. The summed E-state index contributed by atoms with van der Waals surface area (Å²) in [5, 5.41) is 13.2. The van der Waals surface area contributed by atoms with E-state index < -0.39 is 0 Å². The first kappa shape index (κ1) is 21.4. The lowest BCUT2D eigenvalue weighted by Gasteiger charge is -2.22. The Labute approximate surface area is 165 Å². The van der Waals surface area contributed by atoms with E-state index >= 15 is 0 Å². The SMILES string of the molecule is COC(=O)c1ccc(CC(C)NCC(OCCO)c2cccc(Cl)c2)cc1. The second-order valence-corrected chi connectivity index (χ2v) is 6.78. The van der Waals surface area contributed by atoms with Crippen molar-refractivity contribution in [2.45, 2.75) is 25.5 Å². The van der Waals surface area contributed by atoms with E-state index in [1.165, 1.54) is 7.11 Å². The van der Waals surface area contributed by atoms with Crippen LogP contribution in [-0.2, 0) is 15.9 Å². The van der Waals surface area contributed by atoms with Gasteiger partial charge in [0.15, 0.2) is 0 Å². The van der Waals surface area contributed by atoms with Crippen molar-refractivity contribution in [1.29, 1.82) is 0 Å². The molecule has 0 saturated heterocycles. The molecule has 5 nitrogen and oxygen atoms in total. The summed E-state index contributed by atoms with van der Waals surface area (Å²) in [5.74, 6) is -0.335. The smallest absolute Gasteiger partial charge is 0.337 e. The van der Waals surface area contributed by atoms with E-state index in [1.807, 2.05) is 36.4 Å². The molecule has 0 saturated carbocycles. The summed E-state index contributed by atoms with van der Waals surface area (Å²) in [7, 11) is 1.37. The molecule has 0 aromatic heterocycles. The molecule has 6 heteroatoms. The van der Waals surface area contributed by atoms with Gasteiger partial charge in [-0.3, -0.25) is 0 Å². The summed E-state index contributed by atoms with van der Waals surface area (Å²) < 4.78 is 10.5. The molecular weight excluding hydrogens is 366 g/mol. The van der Waals surface area contributed by atoms with Crippen molar-refractivity contribution in [3.05, 3.63) is 70.2 Å². The Kier molecular flexibility index (Phi) is 8.75. The zero-order valence-electron chi connectivity index (χ0n) is 15.7. The fourth-order valence-corrected chi connectivity index (χ4v) is 3.00. The van der Waals surface area contributed by atoms with Crippen molar-refractivity contribution in [2.75, 3.05) is 26.9 Å². The van der Waals surface area contributed by atoms with Gasteiger partial charge in [0.05, 0.1) is 32.0 Å². The van der Waals surface area contributed by atoms with Crippen molar-refractivity contribution in [2.24, 2.45) is 0 Å². The molecule has 0 aliphatic heterocycles. The van der Waals surface area contributed by atoms with E-state index in [-0.39, 0.29) is 31.3 Å². The van der Waals surface area contributed by atoms with Crippen LogP contribution in [-0.4, -0.2) is 44.0 Å². The number of ether oxygens (including phenoxy) is 2. The summed E-state index contributed by atoms with van der Waals surface area (Å²) >= 11 is 6.08. The minimum absolute atomic E-state index is 0.0286. The highest BCUT2D eigenvalue weighted by Gasteiger charge is 2.14. The van der Waals surface area contributed by atoms with Crippen LogP contribution in [0.25, 0.3) is 0 Å². The summed E-state index contributed by atoms with van der Waals surface area (Å²) in [5.41, 5.74) is 2.64. The third kappa shape index (κ3) is 6.96. The zero-order valence-corrected chi connectivity index (χ0v) is 16.4. The number of carbonyl (C=O) groups excluding carboxylic acids is 1. The number of carbonyl (C=O) groups is 1. The lowest BCUT2D eigenvalue weighted by atomic mass is 10.0. The van der Waals surface area contributed by atoms with Gasteiger partial charge in [0.2, 0.25) is 0 Å². The van der Waals surface area contributed by atoms with E-state index in [0.29, 0.717) is 17.1 Å². The molecule has 2 aromatic rings. The number of aliphatic hydroxyl groups is 1. The highest BCUT2D eigenvalue weighted by molar-refractivity contribution is 6.30. The number of methoxy groups -OCH3 is 1. The second kappa shape index (κ2) is 11.0. The molecule has 2 atom stereocenters. The molecule has 0 aliphatic rings. The Morgan fingerprint density at radius 3 is 2.59 bits per heavy atom. The van der Waals surface area contributed by atoms with Crippen molar-refractivity contribution >= 4 is 17.6 Å². The fraction of sp³-hybridized carbons (Fsp3) is 0.381. The molecule has 27 heavy (non-hydrogen) atoms. The van der Waals surface area contributed by atoms with E-state index in [9.17, 15) is 4.79 Å². The van der Waals surface area contributed by atoms with Gasteiger partial charge < -0.3 is 19.9 Å². The van der Waals surface area contributed by atoms with Crippen LogP contribution in [0.3, 0.4) is 0 Å². The Balaban J connectivity index is 1.92. The molecule has 2 N–H and O–H groups in total. The van der Waals surface area contributed by atoms with Crippen molar-refractivity contribution in [1.82, 2.24) is 5.32 Å². The van der Waals surface area contributed by atoms with Gasteiger partial charge >= 0.3 is 5.97 Å². The van der Waals surface area contributed by atoms with Crippen LogP contribution in [0.5, 0.6) is 0 Å². The maximum absolute atomic E-state index is 11.5. The van der Waals surface area contributed by atoms with Gasteiger partial charge in [-0.25, -0.2) is 4.79 Å². The summed E-state index contributed by atoms with van der Waals surface area (Å²) in [6, 6.07) is 15.2. The van der Waals surface area contributed by atoms with E-state index in [2.05, 4.69) is 12.2 Å². The fourth-order valence-electron chi connectivity index (χ4n) is 2.80. The monoisotopic (exact) mass is 391 g/mol. The predicted molar refractivity (Wildman–Crippen MR) is 106 cm³/mol. The Hall–Kier alpha value is -1.92. The first-order valence-electron chi connectivity index (χ1n) is 8.92. The number of benzene rings is 2. The van der Waals surface area contributed by atoms with Crippen LogP contribution in [0.1, 0.15) is 34.5 Å². The number of aliphatic hydroxyl groups excluding tert-OH is 1. The Morgan fingerprint density at radius 1 is 1.22 bits per heavy atom. The number of hydrogen-bond donors (Lipinski definition) is 2. The number of rotatable bonds is 10. The molecule has 0 spiro atoms. The summed E-state index contributed by atoms with van der Waals surface area (Å²) in [6.07, 6.45) is 0.615. The third-order valence-corrected chi connectivity index (χ3v) is 4.43. The molecule has 0 bridgehead atoms. The van der Waals surface area contributed by atoms with E-state index in [0.717, 1.165) is 17.5 Å². The topological polar surface area (TPSA) is 67.8 Å². The largest absolute Gasteiger partial charge is 0.465 e. The molecule has 2 aromatic carbocycles. The van der Waals surface area contributed by atoms with Gasteiger partial charge in [-0.2, -0.15) is 0 Å². The Morgan fingerprint density at radius 2 is 1.96 bits per heavy atom.